The lowest BCUT2D eigenvalue weighted by molar-refractivity contribution is -0.116. The van der Waals surface area contributed by atoms with E-state index in [1.54, 1.807) is 13.2 Å². The van der Waals surface area contributed by atoms with Crippen LogP contribution in [0.4, 0.5) is 5.00 Å². The third-order valence-corrected chi connectivity index (χ3v) is 5.36. The van der Waals surface area contributed by atoms with Crippen molar-refractivity contribution in [3.63, 3.8) is 0 Å². The predicted octanol–water partition coefficient (Wildman–Crippen LogP) is 3.79. The average molecular weight is 355 g/mol. The minimum atomic E-state index is -0.0423. The molecule has 1 aliphatic rings. The minimum Gasteiger partial charge on any atom is -0.497 e. The number of anilines is 1. The van der Waals surface area contributed by atoms with Crippen LogP contribution in [0.5, 0.6) is 5.75 Å². The van der Waals surface area contributed by atoms with Crippen molar-refractivity contribution in [3.05, 3.63) is 46.8 Å². The Kier molecular flexibility index (Phi) is 5.69. The van der Waals surface area contributed by atoms with Gasteiger partial charge in [0.2, 0.25) is 5.91 Å². The van der Waals surface area contributed by atoms with Crippen molar-refractivity contribution >= 4 is 22.2 Å². The predicted molar refractivity (Wildman–Crippen MR) is 98.8 cm³/mol. The van der Waals surface area contributed by atoms with Crippen LogP contribution in [0.25, 0.3) is 0 Å². The second-order valence-corrected chi connectivity index (χ2v) is 6.96. The Bertz CT molecular complexity index is 764. The largest absolute Gasteiger partial charge is 0.497 e. The Hall–Kier alpha value is -2.36. The first-order valence-corrected chi connectivity index (χ1v) is 9.24. The summed E-state index contributed by atoms with van der Waals surface area (Å²) in [5.74, 6) is 0.816. The molecule has 1 unspecified atom stereocenters. The minimum absolute atomic E-state index is 0.0423. The van der Waals surface area contributed by atoms with E-state index in [4.69, 9.17) is 10.00 Å². The number of methoxy groups -OCH3 is 1. The lowest BCUT2D eigenvalue weighted by atomic mass is 10.0. The van der Waals surface area contributed by atoms with Gasteiger partial charge in [-0.1, -0.05) is 12.1 Å². The van der Waals surface area contributed by atoms with Crippen molar-refractivity contribution in [2.75, 3.05) is 25.5 Å². The molecule has 1 atom stereocenters. The van der Waals surface area contributed by atoms with Gasteiger partial charge in [0, 0.05) is 19.0 Å². The van der Waals surface area contributed by atoms with Gasteiger partial charge in [-0.3, -0.25) is 9.69 Å². The molecule has 5 nitrogen and oxygen atoms in total. The molecule has 0 aliphatic carbocycles. The van der Waals surface area contributed by atoms with Crippen molar-refractivity contribution in [1.29, 1.82) is 5.26 Å². The van der Waals surface area contributed by atoms with Gasteiger partial charge < -0.3 is 10.1 Å². The first-order valence-electron chi connectivity index (χ1n) is 8.36. The van der Waals surface area contributed by atoms with E-state index in [0.29, 0.717) is 23.0 Å². The van der Waals surface area contributed by atoms with Crippen LogP contribution < -0.4 is 10.1 Å². The lowest BCUT2D eigenvalue weighted by Crippen LogP contribution is -2.27. The van der Waals surface area contributed by atoms with Gasteiger partial charge in [0.15, 0.2) is 0 Å². The number of thiophene rings is 1. The molecule has 1 N–H and O–H groups in total. The molecule has 0 radical (unpaired) electrons. The summed E-state index contributed by atoms with van der Waals surface area (Å²) < 4.78 is 5.22. The number of likely N-dealkylation sites (tertiary alicyclic amines) is 1. The van der Waals surface area contributed by atoms with Crippen LogP contribution in [0.1, 0.15) is 36.4 Å². The zero-order chi connectivity index (χ0) is 17.6. The highest BCUT2D eigenvalue weighted by Crippen LogP contribution is 2.32. The number of nitrogens with one attached hydrogen (secondary N) is 1. The number of rotatable bonds is 6. The molecule has 1 aliphatic heterocycles. The van der Waals surface area contributed by atoms with E-state index >= 15 is 0 Å². The number of benzene rings is 1. The lowest BCUT2D eigenvalue weighted by Gasteiger charge is -2.24. The second kappa shape index (κ2) is 8.15. The fourth-order valence-electron chi connectivity index (χ4n) is 3.23. The van der Waals surface area contributed by atoms with Crippen molar-refractivity contribution in [2.45, 2.75) is 25.3 Å². The monoisotopic (exact) mass is 355 g/mol. The maximum Gasteiger partial charge on any atom is 0.226 e. The molecule has 0 saturated carbocycles. The van der Waals surface area contributed by atoms with Gasteiger partial charge in [-0.25, -0.2) is 0 Å². The number of amides is 1. The molecule has 0 bridgehead atoms. The van der Waals surface area contributed by atoms with Crippen molar-refractivity contribution < 1.29 is 9.53 Å². The molecular formula is C19H21N3O2S. The molecule has 2 aromatic rings. The summed E-state index contributed by atoms with van der Waals surface area (Å²) in [6.07, 6.45) is 2.68. The molecular weight excluding hydrogens is 334 g/mol. The molecule has 2 heterocycles. The molecule has 1 saturated heterocycles. The summed E-state index contributed by atoms with van der Waals surface area (Å²) in [5, 5.41) is 14.3. The zero-order valence-corrected chi connectivity index (χ0v) is 15.0. The molecule has 25 heavy (non-hydrogen) atoms. The van der Waals surface area contributed by atoms with Crippen LogP contribution >= 0.6 is 11.3 Å². The third kappa shape index (κ3) is 4.19. The maximum atomic E-state index is 12.2. The van der Waals surface area contributed by atoms with E-state index in [2.05, 4.69) is 28.4 Å². The van der Waals surface area contributed by atoms with Gasteiger partial charge >= 0.3 is 0 Å². The zero-order valence-electron chi connectivity index (χ0n) is 14.2. The Morgan fingerprint density at radius 2 is 2.20 bits per heavy atom. The summed E-state index contributed by atoms with van der Waals surface area (Å²) in [7, 11) is 1.67. The maximum absolute atomic E-state index is 12.2. The van der Waals surface area contributed by atoms with Crippen LogP contribution in [-0.4, -0.2) is 31.0 Å². The van der Waals surface area contributed by atoms with Gasteiger partial charge in [-0.2, -0.15) is 5.26 Å². The molecule has 1 fully saturated rings. The first-order chi connectivity index (χ1) is 12.2. The highest BCUT2D eigenvalue weighted by atomic mass is 32.1. The van der Waals surface area contributed by atoms with Gasteiger partial charge in [-0.15, -0.1) is 11.3 Å². The summed E-state index contributed by atoms with van der Waals surface area (Å²) >= 11 is 1.38. The van der Waals surface area contributed by atoms with E-state index in [1.165, 1.54) is 16.9 Å². The first kappa shape index (κ1) is 17.5. The third-order valence-electron chi connectivity index (χ3n) is 4.53. The Balaban J connectivity index is 1.56. The van der Waals surface area contributed by atoms with E-state index in [9.17, 15) is 4.79 Å². The number of nitriles is 1. The molecule has 3 rings (SSSR count). The van der Waals surface area contributed by atoms with Crippen LogP contribution in [0, 0.1) is 11.3 Å². The summed E-state index contributed by atoms with van der Waals surface area (Å²) in [6.45, 7) is 1.72. The van der Waals surface area contributed by atoms with E-state index in [1.807, 2.05) is 17.5 Å². The van der Waals surface area contributed by atoms with Gasteiger partial charge in [-0.05, 0) is 48.5 Å². The molecule has 1 amide bonds. The van der Waals surface area contributed by atoms with Crippen LogP contribution in [0.3, 0.4) is 0 Å². The Morgan fingerprint density at radius 3 is 2.92 bits per heavy atom. The fourth-order valence-corrected chi connectivity index (χ4v) is 3.98. The normalized spacial score (nSPS) is 17.2. The van der Waals surface area contributed by atoms with E-state index in [-0.39, 0.29) is 5.91 Å². The summed E-state index contributed by atoms with van der Waals surface area (Å²) in [5.41, 5.74) is 1.79. The average Bonchev–Trinajstić information content (AvgIpc) is 3.29. The number of carbonyl (C=O) groups is 1. The standard InChI is InChI=1S/C19H21N3O2S/c1-24-16-6-4-14(5-7-16)17-3-2-10-22(17)11-8-18(23)21-19-15(13-20)9-12-25-19/h4-7,9,12,17H,2-3,8,10-11H2,1H3,(H,21,23). The number of carbonyl (C=O) groups excluding carboxylic acids is 1. The second-order valence-electron chi connectivity index (χ2n) is 6.04. The summed E-state index contributed by atoms with van der Waals surface area (Å²) in [4.78, 5) is 14.6. The van der Waals surface area contributed by atoms with E-state index < -0.39 is 0 Å². The molecule has 0 spiro atoms. The Morgan fingerprint density at radius 1 is 1.40 bits per heavy atom. The van der Waals surface area contributed by atoms with Crippen molar-refractivity contribution in [3.8, 4) is 11.8 Å². The Labute approximate surface area is 151 Å². The smallest absolute Gasteiger partial charge is 0.226 e. The molecule has 1 aromatic carbocycles. The highest BCUT2D eigenvalue weighted by Gasteiger charge is 2.26. The molecule has 130 valence electrons. The van der Waals surface area contributed by atoms with Gasteiger partial charge in [0.1, 0.15) is 16.8 Å². The van der Waals surface area contributed by atoms with E-state index in [0.717, 1.165) is 31.7 Å². The number of hydrogen-bond acceptors (Lipinski definition) is 5. The highest BCUT2D eigenvalue weighted by molar-refractivity contribution is 7.14. The topological polar surface area (TPSA) is 65.4 Å². The van der Waals surface area contributed by atoms with Crippen molar-refractivity contribution in [1.82, 2.24) is 4.90 Å². The van der Waals surface area contributed by atoms with Crippen LogP contribution in [0.2, 0.25) is 0 Å². The molecule has 6 heteroatoms. The fraction of sp³-hybridized carbons (Fsp3) is 0.368. The summed E-state index contributed by atoms with van der Waals surface area (Å²) in [6, 6.07) is 12.3. The number of ether oxygens (including phenoxy) is 1. The number of hydrogen-bond donors (Lipinski definition) is 1. The van der Waals surface area contributed by atoms with Crippen molar-refractivity contribution in [2.24, 2.45) is 0 Å². The quantitative estimate of drug-likeness (QED) is 0.856. The van der Waals surface area contributed by atoms with Crippen LogP contribution in [-0.2, 0) is 4.79 Å². The SMILES string of the molecule is COc1ccc(C2CCCN2CCC(=O)Nc2sccc2C#N)cc1. The van der Waals surface area contributed by atoms with Gasteiger partial charge in [0.25, 0.3) is 0 Å². The number of nitrogens with zero attached hydrogens (tertiary/aromatic N) is 2. The molecule has 1 aromatic heterocycles. The van der Waals surface area contributed by atoms with Gasteiger partial charge in [0.05, 0.1) is 12.7 Å². The van der Waals surface area contributed by atoms with Crippen LogP contribution in [0.15, 0.2) is 35.7 Å².